The highest BCUT2D eigenvalue weighted by Gasteiger charge is 2.50. The number of fused-ring (bicyclic) bond motifs is 1. The van der Waals surface area contributed by atoms with Crippen molar-refractivity contribution in [1.82, 2.24) is 0 Å². The summed E-state index contributed by atoms with van der Waals surface area (Å²) in [7, 11) is -9.35. The van der Waals surface area contributed by atoms with Crippen LogP contribution in [0, 0.1) is 0 Å². The minimum absolute atomic E-state index is 0.146. The molecular formula is C12H18O5S2Si. The molecule has 0 saturated heterocycles. The number of rotatable bonds is 4. The molecule has 0 bridgehead atoms. The van der Waals surface area contributed by atoms with Crippen molar-refractivity contribution in [3.05, 3.63) is 24.3 Å². The van der Waals surface area contributed by atoms with Gasteiger partial charge in [-0.15, -0.1) is 0 Å². The fraction of sp³-hybridized carbons (Fsp3) is 0.500. The van der Waals surface area contributed by atoms with E-state index in [0.717, 1.165) is 0 Å². The molecule has 0 saturated carbocycles. The maximum absolute atomic E-state index is 12.3. The first-order valence-electron chi connectivity index (χ1n) is 6.25. The molecule has 1 aromatic rings. The van der Waals surface area contributed by atoms with E-state index >= 15 is 0 Å². The van der Waals surface area contributed by atoms with Gasteiger partial charge < -0.3 is 4.74 Å². The predicted octanol–water partition coefficient (Wildman–Crippen LogP) is 1.89. The zero-order valence-corrected chi connectivity index (χ0v) is 14.3. The molecular weight excluding hydrogens is 316 g/mol. The number of sulfone groups is 2. The lowest BCUT2D eigenvalue weighted by molar-refractivity contribution is 0.164. The molecule has 0 aliphatic carbocycles. The third-order valence-electron chi connectivity index (χ3n) is 3.07. The quantitative estimate of drug-likeness (QED) is 0.786. The molecule has 20 heavy (non-hydrogen) atoms. The molecule has 0 unspecified atom stereocenters. The third kappa shape index (κ3) is 2.69. The molecule has 0 spiro atoms. The Morgan fingerprint density at radius 1 is 1.00 bits per heavy atom. The van der Waals surface area contributed by atoms with Crippen LogP contribution in [-0.2, 0) is 24.4 Å². The molecule has 0 amide bonds. The van der Waals surface area contributed by atoms with E-state index in [1.807, 2.05) is 0 Å². The zero-order chi connectivity index (χ0) is 15.2. The Labute approximate surface area is 120 Å². The van der Waals surface area contributed by atoms with E-state index in [1.54, 1.807) is 0 Å². The zero-order valence-electron chi connectivity index (χ0n) is 11.7. The van der Waals surface area contributed by atoms with Crippen LogP contribution in [0.4, 0.5) is 0 Å². The molecule has 1 aliphatic rings. The highest BCUT2D eigenvalue weighted by molar-refractivity contribution is 8.11. The molecule has 112 valence electrons. The first kappa shape index (κ1) is 15.7. The average Bonchev–Trinajstić information content (AvgIpc) is 2.46. The van der Waals surface area contributed by atoms with Crippen molar-refractivity contribution in [2.24, 2.45) is 0 Å². The van der Waals surface area contributed by atoms with Crippen molar-refractivity contribution in [2.75, 3.05) is 6.61 Å². The van der Waals surface area contributed by atoms with Gasteiger partial charge in [0.1, 0.15) is 0 Å². The van der Waals surface area contributed by atoms with Crippen molar-refractivity contribution >= 4 is 27.7 Å². The summed E-state index contributed by atoms with van der Waals surface area (Å²) in [5, 5.41) is 0. The van der Waals surface area contributed by atoms with E-state index in [-0.39, 0.29) is 16.4 Å². The van der Waals surface area contributed by atoms with E-state index in [4.69, 9.17) is 4.74 Å². The van der Waals surface area contributed by atoms with E-state index in [0.29, 0.717) is 6.04 Å². The minimum atomic E-state index is -3.97. The lowest BCUT2D eigenvalue weighted by atomic mass is 10.4. The Morgan fingerprint density at radius 2 is 1.45 bits per heavy atom. The summed E-state index contributed by atoms with van der Waals surface area (Å²) in [6.07, 6.45) is 0. The summed E-state index contributed by atoms with van der Waals surface area (Å²) in [4.78, 5) is -0.309. The lowest BCUT2D eigenvalue weighted by Gasteiger charge is -2.17. The Bertz CT molecular complexity index is 663. The molecule has 0 N–H and O–H groups in total. The molecule has 1 aromatic carbocycles. The number of ether oxygens (including phenoxy) is 1. The van der Waals surface area contributed by atoms with Crippen molar-refractivity contribution in [2.45, 2.75) is 40.2 Å². The first-order valence-corrected chi connectivity index (χ1v) is 13.1. The van der Waals surface area contributed by atoms with E-state index < -0.39 is 32.5 Å². The summed E-state index contributed by atoms with van der Waals surface area (Å²) in [5.74, 6) is 0. The van der Waals surface area contributed by atoms with Gasteiger partial charge in [-0.25, -0.2) is 16.8 Å². The molecule has 0 fully saturated rings. The van der Waals surface area contributed by atoms with Crippen LogP contribution in [-0.4, -0.2) is 36.3 Å². The highest BCUT2D eigenvalue weighted by Crippen LogP contribution is 2.38. The summed E-state index contributed by atoms with van der Waals surface area (Å²) in [6, 6.07) is 6.35. The second-order valence-electron chi connectivity index (χ2n) is 6.01. The van der Waals surface area contributed by atoms with Gasteiger partial charge in [-0.05, 0) is 18.2 Å². The van der Waals surface area contributed by atoms with Crippen LogP contribution in [0.1, 0.15) is 0 Å². The van der Waals surface area contributed by atoms with Gasteiger partial charge in [0.05, 0.1) is 9.79 Å². The normalized spacial score (nSPS) is 20.8. The topological polar surface area (TPSA) is 77.5 Å². The summed E-state index contributed by atoms with van der Waals surface area (Å²) < 4.78 is 52.5. The number of hydrogen-bond donors (Lipinski definition) is 0. The van der Waals surface area contributed by atoms with Crippen LogP contribution >= 0.6 is 0 Å². The molecule has 8 heteroatoms. The fourth-order valence-electron chi connectivity index (χ4n) is 1.93. The monoisotopic (exact) mass is 334 g/mol. The van der Waals surface area contributed by atoms with Gasteiger partial charge in [0.25, 0.3) is 4.77 Å². The molecule has 2 rings (SSSR count). The molecule has 5 nitrogen and oxygen atoms in total. The highest BCUT2D eigenvalue weighted by atomic mass is 32.3. The summed E-state index contributed by atoms with van der Waals surface area (Å²) in [5.41, 5.74) is 0. The molecule has 0 aromatic heterocycles. The van der Waals surface area contributed by atoms with Gasteiger partial charge >= 0.3 is 0 Å². The van der Waals surface area contributed by atoms with Gasteiger partial charge in [-0.3, -0.25) is 0 Å². The van der Waals surface area contributed by atoms with Crippen molar-refractivity contribution in [3.8, 4) is 0 Å². The van der Waals surface area contributed by atoms with Crippen LogP contribution in [0.25, 0.3) is 0 Å². The number of hydrogen-bond acceptors (Lipinski definition) is 5. The largest absolute Gasteiger partial charge is 0.349 e. The first-order chi connectivity index (χ1) is 9.07. The standard InChI is InChI=1S/C12H18O5S2Si/c1-20(2,3)9-8-17-12-18(13,14)10-6-4-5-7-11(10)19(12,15)16/h4-7,12H,8-9H2,1-3H3. The van der Waals surface area contributed by atoms with Crippen molar-refractivity contribution in [1.29, 1.82) is 0 Å². The predicted molar refractivity (Wildman–Crippen MR) is 78.7 cm³/mol. The van der Waals surface area contributed by atoms with Crippen molar-refractivity contribution in [3.63, 3.8) is 0 Å². The molecule has 1 heterocycles. The molecule has 0 radical (unpaired) electrons. The van der Waals surface area contributed by atoms with Crippen LogP contribution in [0.15, 0.2) is 34.1 Å². The van der Waals surface area contributed by atoms with Gasteiger partial charge in [-0.2, -0.15) is 0 Å². The van der Waals surface area contributed by atoms with Crippen LogP contribution < -0.4 is 0 Å². The van der Waals surface area contributed by atoms with Crippen LogP contribution in [0.2, 0.25) is 25.7 Å². The second-order valence-corrected chi connectivity index (χ2v) is 15.8. The Kier molecular flexibility index (Phi) is 3.87. The maximum Gasteiger partial charge on any atom is 0.269 e. The van der Waals surface area contributed by atoms with E-state index in [1.165, 1.54) is 24.3 Å². The summed E-state index contributed by atoms with van der Waals surface area (Å²) in [6.45, 7) is 6.49. The lowest BCUT2D eigenvalue weighted by Crippen LogP contribution is -2.30. The van der Waals surface area contributed by atoms with E-state index in [9.17, 15) is 16.8 Å². The van der Waals surface area contributed by atoms with Crippen LogP contribution in [0.3, 0.4) is 0 Å². The van der Waals surface area contributed by atoms with Gasteiger partial charge in [0, 0.05) is 14.7 Å². The Morgan fingerprint density at radius 3 is 1.85 bits per heavy atom. The molecule has 0 atom stereocenters. The Balaban J connectivity index is 2.33. The van der Waals surface area contributed by atoms with E-state index in [2.05, 4.69) is 19.6 Å². The SMILES string of the molecule is C[Si](C)(C)CCOC1S(=O)(=O)c2ccccc2S1(=O)=O. The average molecular weight is 334 g/mol. The minimum Gasteiger partial charge on any atom is -0.349 e. The third-order valence-corrected chi connectivity index (χ3v) is 9.65. The number of benzene rings is 1. The van der Waals surface area contributed by atoms with Crippen LogP contribution in [0.5, 0.6) is 0 Å². The smallest absolute Gasteiger partial charge is 0.269 e. The summed E-state index contributed by atoms with van der Waals surface area (Å²) >= 11 is 0. The molecule has 1 aliphatic heterocycles. The van der Waals surface area contributed by atoms with Crippen molar-refractivity contribution < 1.29 is 21.6 Å². The Hall–Kier alpha value is -0.703. The van der Waals surface area contributed by atoms with Gasteiger partial charge in [0.2, 0.25) is 19.7 Å². The van der Waals surface area contributed by atoms with Gasteiger partial charge in [-0.1, -0.05) is 31.8 Å². The second kappa shape index (κ2) is 4.94. The van der Waals surface area contributed by atoms with Gasteiger partial charge in [0.15, 0.2) is 0 Å². The maximum atomic E-state index is 12.3. The fourth-order valence-corrected chi connectivity index (χ4v) is 7.52.